The molecule has 0 radical (unpaired) electrons. The molecule has 0 atom stereocenters. The molecule has 28 heavy (non-hydrogen) atoms. The van der Waals surface area contributed by atoms with Crippen molar-refractivity contribution in [3.63, 3.8) is 0 Å². The number of hydrogen-bond acceptors (Lipinski definition) is 6. The van der Waals surface area contributed by atoms with Crippen molar-refractivity contribution < 1.29 is 9.18 Å². The minimum atomic E-state index is -0.376. The predicted octanol–water partition coefficient (Wildman–Crippen LogP) is 2.57. The van der Waals surface area contributed by atoms with E-state index in [4.69, 9.17) is 5.41 Å². The van der Waals surface area contributed by atoms with Crippen LogP contribution in [0.5, 0.6) is 0 Å². The van der Waals surface area contributed by atoms with Gasteiger partial charge in [-0.3, -0.25) is 15.6 Å². The van der Waals surface area contributed by atoms with Crippen LogP contribution in [0.4, 0.5) is 15.9 Å². The first-order valence-electron chi connectivity index (χ1n) is 8.28. The van der Waals surface area contributed by atoms with Gasteiger partial charge < -0.3 is 5.32 Å². The Morgan fingerprint density at radius 3 is 2.46 bits per heavy atom. The number of amides is 1. The van der Waals surface area contributed by atoms with Crippen LogP contribution < -0.4 is 16.2 Å². The third-order valence-corrected chi connectivity index (χ3v) is 3.95. The number of rotatable bonds is 4. The number of hydrogen-bond donors (Lipinski definition) is 3. The van der Waals surface area contributed by atoms with E-state index in [1.807, 2.05) is 6.07 Å². The topological polar surface area (TPSA) is 109 Å². The van der Waals surface area contributed by atoms with Gasteiger partial charge in [0.05, 0.1) is 0 Å². The Balaban J connectivity index is 1.67. The van der Waals surface area contributed by atoms with Gasteiger partial charge in [-0.25, -0.2) is 24.0 Å². The first-order valence-corrected chi connectivity index (χ1v) is 8.28. The van der Waals surface area contributed by atoms with E-state index in [1.165, 1.54) is 29.5 Å². The summed E-state index contributed by atoms with van der Waals surface area (Å²) in [7, 11) is 0. The van der Waals surface area contributed by atoms with Gasteiger partial charge in [0.25, 0.3) is 5.91 Å². The number of aromatic nitrogens is 4. The van der Waals surface area contributed by atoms with Gasteiger partial charge in [0.15, 0.2) is 11.3 Å². The number of benzene rings is 2. The van der Waals surface area contributed by atoms with Crippen molar-refractivity contribution in [3.05, 3.63) is 84.1 Å². The lowest BCUT2D eigenvalue weighted by atomic mass is 10.2. The minimum absolute atomic E-state index is 0.0566. The van der Waals surface area contributed by atoms with E-state index >= 15 is 0 Å². The van der Waals surface area contributed by atoms with Crippen LogP contribution in [0.2, 0.25) is 0 Å². The molecule has 0 fully saturated rings. The van der Waals surface area contributed by atoms with Crippen LogP contribution in [-0.4, -0.2) is 25.5 Å². The summed E-state index contributed by atoms with van der Waals surface area (Å²) >= 11 is 0. The van der Waals surface area contributed by atoms with Crippen molar-refractivity contribution in [2.45, 2.75) is 0 Å². The zero-order valence-corrected chi connectivity index (χ0v) is 14.4. The van der Waals surface area contributed by atoms with E-state index < -0.39 is 0 Å². The normalized spacial score (nSPS) is 10.6. The van der Waals surface area contributed by atoms with E-state index in [-0.39, 0.29) is 22.7 Å². The fourth-order valence-corrected chi connectivity index (χ4v) is 2.57. The van der Waals surface area contributed by atoms with Gasteiger partial charge in [0.1, 0.15) is 29.5 Å². The van der Waals surface area contributed by atoms with Crippen molar-refractivity contribution >= 4 is 28.4 Å². The number of nitrogens with zero attached hydrogens (tertiary/aromatic N) is 4. The molecule has 2 aromatic heterocycles. The van der Waals surface area contributed by atoms with E-state index in [9.17, 15) is 9.18 Å². The molecule has 4 rings (SSSR count). The van der Waals surface area contributed by atoms with Crippen molar-refractivity contribution in [2.75, 3.05) is 10.7 Å². The molecular weight excluding hydrogens is 361 g/mol. The summed E-state index contributed by atoms with van der Waals surface area (Å²) in [6, 6.07) is 14.4. The summed E-state index contributed by atoms with van der Waals surface area (Å²) in [6.07, 6.45) is 2.60. The van der Waals surface area contributed by atoms with Crippen molar-refractivity contribution in [2.24, 2.45) is 0 Å². The van der Waals surface area contributed by atoms with Gasteiger partial charge in [0.2, 0.25) is 0 Å². The largest absolute Gasteiger partial charge is 0.338 e. The quantitative estimate of drug-likeness (QED) is 0.508. The highest BCUT2D eigenvalue weighted by Gasteiger charge is 2.11. The van der Waals surface area contributed by atoms with Crippen LogP contribution in [0.25, 0.3) is 11.0 Å². The summed E-state index contributed by atoms with van der Waals surface area (Å²) in [5, 5.41) is 11.4. The maximum Gasteiger partial charge on any atom is 0.270 e. The average Bonchev–Trinajstić information content (AvgIpc) is 2.73. The van der Waals surface area contributed by atoms with Crippen LogP contribution in [-0.2, 0) is 0 Å². The highest BCUT2D eigenvalue weighted by molar-refractivity contribution is 6.00. The van der Waals surface area contributed by atoms with Gasteiger partial charge in [-0.1, -0.05) is 18.2 Å². The van der Waals surface area contributed by atoms with Gasteiger partial charge >= 0.3 is 0 Å². The number of carbonyl (C=O) groups excluding carboxylic acids is 1. The highest BCUT2D eigenvalue weighted by Crippen LogP contribution is 2.19. The number of halogens is 1. The Bertz CT molecular complexity index is 1210. The van der Waals surface area contributed by atoms with Crippen LogP contribution in [0.3, 0.4) is 0 Å². The Morgan fingerprint density at radius 1 is 0.964 bits per heavy atom. The summed E-state index contributed by atoms with van der Waals surface area (Å²) < 4.78 is 14.3. The molecule has 0 aliphatic rings. The molecule has 0 saturated carbocycles. The molecular formula is C19H14FN7O. The molecule has 0 bridgehead atoms. The molecule has 0 spiro atoms. The number of anilines is 2. The van der Waals surface area contributed by atoms with Gasteiger partial charge in [-0.15, -0.1) is 0 Å². The molecule has 2 heterocycles. The third-order valence-electron chi connectivity index (χ3n) is 3.95. The smallest absolute Gasteiger partial charge is 0.270 e. The van der Waals surface area contributed by atoms with Crippen LogP contribution >= 0.6 is 0 Å². The van der Waals surface area contributed by atoms with E-state index in [2.05, 4.69) is 25.7 Å². The second kappa shape index (κ2) is 7.23. The predicted molar refractivity (Wildman–Crippen MR) is 101 cm³/mol. The molecule has 4 aromatic rings. The molecule has 0 unspecified atom stereocenters. The Kier molecular flexibility index (Phi) is 4.47. The Labute approximate surface area is 158 Å². The van der Waals surface area contributed by atoms with Crippen LogP contribution in [0.1, 0.15) is 10.4 Å². The molecule has 138 valence electrons. The lowest BCUT2D eigenvalue weighted by Crippen LogP contribution is -2.33. The molecule has 3 N–H and O–H groups in total. The number of fused-ring (bicyclic) bond motifs is 1. The highest BCUT2D eigenvalue weighted by atomic mass is 19.1. The fourth-order valence-electron chi connectivity index (χ4n) is 2.57. The van der Waals surface area contributed by atoms with Crippen molar-refractivity contribution in [1.82, 2.24) is 19.6 Å². The average molecular weight is 375 g/mol. The van der Waals surface area contributed by atoms with Gasteiger partial charge in [0, 0.05) is 11.3 Å². The molecule has 8 nitrogen and oxygen atoms in total. The minimum Gasteiger partial charge on any atom is -0.338 e. The third kappa shape index (κ3) is 3.40. The standard InChI is InChI=1S/C19H14FN7O/c20-13-6-8-14(9-7-13)25-18-16-15(22-10-23-18)17(21)27(11-24-16)26-19(28)12-4-2-1-3-5-12/h1-11,21H,(H,26,28)(H,22,23,25). The summed E-state index contributed by atoms with van der Waals surface area (Å²) in [6.45, 7) is 0. The fraction of sp³-hybridized carbons (Fsp3) is 0. The van der Waals surface area contributed by atoms with Crippen molar-refractivity contribution in [1.29, 1.82) is 5.41 Å². The summed E-state index contributed by atoms with van der Waals surface area (Å²) in [5.41, 5.74) is 4.21. The van der Waals surface area contributed by atoms with E-state index in [0.717, 1.165) is 0 Å². The molecule has 0 saturated heterocycles. The first kappa shape index (κ1) is 17.3. The zero-order valence-electron chi connectivity index (χ0n) is 14.4. The molecule has 2 aromatic carbocycles. The van der Waals surface area contributed by atoms with E-state index in [0.29, 0.717) is 22.6 Å². The maximum absolute atomic E-state index is 13.1. The van der Waals surface area contributed by atoms with Gasteiger partial charge in [-0.05, 0) is 36.4 Å². The van der Waals surface area contributed by atoms with Crippen LogP contribution in [0.15, 0.2) is 67.3 Å². The molecule has 9 heteroatoms. The second-order valence-electron chi connectivity index (χ2n) is 5.82. The number of carbonyl (C=O) groups is 1. The zero-order chi connectivity index (χ0) is 19.5. The molecule has 0 aliphatic carbocycles. The van der Waals surface area contributed by atoms with Gasteiger partial charge in [-0.2, -0.15) is 0 Å². The SMILES string of the molecule is N=c1c2ncnc(Nc3ccc(F)cc3)c2ncn1NC(=O)c1ccccc1. The van der Waals surface area contributed by atoms with E-state index in [1.54, 1.807) is 36.4 Å². The summed E-state index contributed by atoms with van der Waals surface area (Å²) in [5.74, 6) is -0.356. The lowest BCUT2D eigenvalue weighted by molar-refractivity contribution is 0.101. The Morgan fingerprint density at radius 2 is 1.71 bits per heavy atom. The van der Waals surface area contributed by atoms with Crippen LogP contribution in [0, 0.1) is 11.2 Å². The second-order valence-corrected chi connectivity index (χ2v) is 5.82. The molecule has 1 amide bonds. The first-order chi connectivity index (χ1) is 13.6. The number of nitrogens with one attached hydrogen (secondary N) is 3. The van der Waals surface area contributed by atoms with Crippen molar-refractivity contribution in [3.8, 4) is 0 Å². The molecule has 0 aliphatic heterocycles. The monoisotopic (exact) mass is 375 g/mol. The maximum atomic E-state index is 13.1. The Hall–Kier alpha value is -4.14. The lowest BCUT2D eigenvalue weighted by Gasteiger charge is -2.11. The summed E-state index contributed by atoms with van der Waals surface area (Å²) in [4.78, 5) is 24.8.